The van der Waals surface area contributed by atoms with Gasteiger partial charge in [0.05, 0.1) is 30.8 Å². The van der Waals surface area contributed by atoms with Crippen LogP contribution in [0.25, 0.3) is 0 Å². The molecule has 0 radical (unpaired) electrons. The Hall–Kier alpha value is -2.00. The Balaban J connectivity index is 2.07. The zero-order valence-electron chi connectivity index (χ0n) is 23.1. The first-order valence-electron chi connectivity index (χ1n) is 13.5. The number of rotatable bonds is 9. The van der Waals surface area contributed by atoms with E-state index in [-0.39, 0.29) is 49.4 Å². The number of carbonyl (C=O) groups is 2. The maximum atomic E-state index is 12.5. The minimum absolute atomic E-state index is 0.121. The molecule has 0 aliphatic carbocycles. The smallest absolute Gasteiger partial charge is 0.309 e. The number of aliphatic hydroxyl groups is 3. The standard InChI is InChI=1S/C29H46O8/c1-7-23(32)20(4)28-24(36-28)12-10-8-9-11-18(2)27-19(3)13-14-25(35-21(5)30)29(6,34)16-15-22(31)17-26(33)37-27/h8-9,11,13-14,19-20,22-25,27-28,31-32,34H,7,10,12,15-17H2,1-6H3/b9-8+,14-13+,18-11+. The molecule has 1 fully saturated rings. The summed E-state index contributed by atoms with van der Waals surface area (Å²) in [7, 11) is 0. The lowest BCUT2D eigenvalue weighted by atomic mass is 9.88. The fourth-order valence-electron chi connectivity index (χ4n) is 4.74. The van der Waals surface area contributed by atoms with E-state index in [1.807, 2.05) is 45.9 Å². The number of hydrogen-bond donors (Lipinski definition) is 3. The van der Waals surface area contributed by atoms with Crippen molar-refractivity contribution < 1.29 is 39.1 Å². The van der Waals surface area contributed by atoms with Crippen molar-refractivity contribution in [1.29, 1.82) is 0 Å². The molecule has 37 heavy (non-hydrogen) atoms. The first kappa shape index (κ1) is 31.2. The Kier molecular flexibility index (Phi) is 12.0. The second-order valence-corrected chi connectivity index (χ2v) is 10.8. The highest BCUT2D eigenvalue weighted by Gasteiger charge is 2.44. The molecule has 2 aliphatic rings. The summed E-state index contributed by atoms with van der Waals surface area (Å²) < 4.78 is 16.8. The van der Waals surface area contributed by atoms with E-state index >= 15 is 0 Å². The molecule has 8 nitrogen and oxygen atoms in total. The van der Waals surface area contributed by atoms with Crippen LogP contribution in [0.3, 0.4) is 0 Å². The monoisotopic (exact) mass is 522 g/mol. The van der Waals surface area contributed by atoms with Crippen LogP contribution in [0.4, 0.5) is 0 Å². The minimum Gasteiger partial charge on any atom is -0.457 e. The SMILES string of the molecule is CCC(O)C(C)C1OC1CC/C=C/C=C(\C)C1OC(=O)CC(O)CCC(C)(O)C(OC(C)=O)/C=C/C1C. The number of ether oxygens (including phenoxy) is 3. The average molecular weight is 523 g/mol. The van der Waals surface area contributed by atoms with E-state index in [0.29, 0.717) is 0 Å². The van der Waals surface area contributed by atoms with Gasteiger partial charge in [-0.3, -0.25) is 9.59 Å². The van der Waals surface area contributed by atoms with Crippen molar-refractivity contribution in [3.05, 3.63) is 36.0 Å². The molecular formula is C29H46O8. The molecule has 0 aromatic carbocycles. The quantitative estimate of drug-likeness (QED) is 0.181. The van der Waals surface area contributed by atoms with E-state index in [4.69, 9.17) is 14.2 Å². The molecule has 2 heterocycles. The van der Waals surface area contributed by atoms with Crippen molar-refractivity contribution in [2.45, 2.75) is 122 Å². The van der Waals surface area contributed by atoms with Crippen molar-refractivity contribution in [3.8, 4) is 0 Å². The van der Waals surface area contributed by atoms with Crippen molar-refractivity contribution in [2.75, 3.05) is 0 Å². The van der Waals surface area contributed by atoms with Crippen molar-refractivity contribution >= 4 is 11.9 Å². The van der Waals surface area contributed by atoms with Crippen LogP contribution in [-0.4, -0.2) is 69.5 Å². The lowest BCUT2D eigenvalue weighted by Gasteiger charge is -2.32. The van der Waals surface area contributed by atoms with Gasteiger partial charge >= 0.3 is 11.9 Å². The van der Waals surface area contributed by atoms with Crippen LogP contribution in [0, 0.1) is 11.8 Å². The van der Waals surface area contributed by atoms with Gasteiger partial charge in [0.25, 0.3) is 0 Å². The Morgan fingerprint density at radius 2 is 2.03 bits per heavy atom. The zero-order chi connectivity index (χ0) is 27.8. The normalized spacial score (nSPS) is 36.1. The number of aliphatic hydroxyl groups excluding tert-OH is 2. The molecule has 210 valence electrons. The highest BCUT2D eigenvalue weighted by atomic mass is 16.6. The molecule has 1 saturated heterocycles. The summed E-state index contributed by atoms with van der Waals surface area (Å²) in [5.74, 6) is -1.16. The maximum absolute atomic E-state index is 12.5. The molecule has 9 unspecified atom stereocenters. The first-order valence-corrected chi connectivity index (χ1v) is 13.5. The van der Waals surface area contributed by atoms with Crippen molar-refractivity contribution in [3.63, 3.8) is 0 Å². The van der Waals surface area contributed by atoms with Gasteiger partial charge in [0.2, 0.25) is 0 Å². The first-order chi connectivity index (χ1) is 17.4. The summed E-state index contributed by atoms with van der Waals surface area (Å²) in [6.45, 7) is 10.6. The molecule has 0 bridgehead atoms. The number of cyclic esters (lactones) is 1. The Morgan fingerprint density at radius 1 is 1.32 bits per heavy atom. The molecular weight excluding hydrogens is 476 g/mol. The average Bonchev–Trinajstić information content (AvgIpc) is 3.61. The molecule has 0 spiro atoms. The fraction of sp³-hybridized carbons (Fsp3) is 0.724. The summed E-state index contributed by atoms with van der Waals surface area (Å²) in [5, 5.41) is 31.2. The topological polar surface area (TPSA) is 126 Å². The van der Waals surface area contributed by atoms with Crippen molar-refractivity contribution in [1.82, 2.24) is 0 Å². The Morgan fingerprint density at radius 3 is 2.68 bits per heavy atom. The Bertz CT molecular complexity index is 845. The number of hydrogen-bond acceptors (Lipinski definition) is 8. The summed E-state index contributed by atoms with van der Waals surface area (Å²) in [6.07, 6.45) is 9.34. The fourth-order valence-corrected chi connectivity index (χ4v) is 4.74. The Labute approximate surface area is 221 Å². The summed E-state index contributed by atoms with van der Waals surface area (Å²) in [6, 6.07) is 0. The third-order valence-electron chi connectivity index (χ3n) is 7.34. The largest absolute Gasteiger partial charge is 0.457 e. The second kappa shape index (κ2) is 14.2. The predicted molar refractivity (Wildman–Crippen MR) is 140 cm³/mol. The van der Waals surface area contributed by atoms with Gasteiger partial charge in [0.1, 0.15) is 17.8 Å². The minimum atomic E-state index is -1.40. The zero-order valence-corrected chi connectivity index (χ0v) is 23.1. The summed E-state index contributed by atoms with van der Waals surface area (Å²) in [4.78, 5) is 24.2. The summed E-state index contributed by atoms with van der Waals surface area (Å²) in [5.41, 5.74) is -0.574. The molecule has 3 N–H and O–H groups in total. The summed E-state index contributed by atoms with van der Waals surface area (Å²) >= 11 is 0. The van der Waals surface area contributed by atoms with E-state index < -0.39 is 35.9 Å². The van der Waals surface area contributed by atoms with Gasteiger partial charge in [-0.25, -0.2) is 0 Å². The number of carbonyl (C=O) groups excluding carboxylic acids is 2. The van der Waals surface area contributed by atoms with E-state index in [9.17, 15) is 24.9 Å². The molecule has 0 amide bonds. The maximum Gasteiger partial charge on any atom is 0.309 e. The van der Waals surface area contributed by atoms with Crippen LogP contribution >= 0.6 is 0 Å². The molecule has 0 saturated carbocycles. The van der Waals surface area contributed by atoms with E-state index in [1.54, 1.807) is 19.1 Å². The molecule has 0 aromatic heterocycles. The van der Waals surface area contributed by atoms with Crippen LogP contribution in [0.15, 0.2) is 36.0 Å². The number of epoxide rings is 1. The van der Waals surface area contributed by atoms with Crippen molar-refractivity contribution in [2.24, 2.45) is 11.8 Å². The molecule has 8 heteroatoms. The molecule has 2 rings (SSSR count). The number of allylic oxidation sites excluding steroid dienone is 3. The number of esters is 2. The van der Waals surface area contributed by atoms with Gasteiger partial charge in [-0.05, 0) is 57.6 Å². The predicted octanol–water partition coefficient (Wildman–Crippen LogP) is 3.78. The molecule has 2 aliphatic heterocycles. The highest BCUT2D eigenvalue weighted by molar-refractivity contribution is 5.70. The van der Waals surface area contributed by atoms with Crippen LogP contribution in [0.2, 0.25) is 0 Å². The van der Waals surface area contributed by atoms with Gasteiger partial charge in [0, 0.05) is 18.8 Å². The molecule has 0 aromatic rings. The third-order valence-corrected chi connectivity index (χ3v) is 7.34. The van der Waals surface area contributed by atoms with Gasteiger partial charge in [-0.1, -0.05) is 45.1 Å². The van der Waals surface area contributed by atoms with Crippen LogP contribution in [0.1, 0.15) is 80.1 Å². The third kappa shape index (κ3) is 10.0. The van der Waals surface area contributed by atoms with Crippen LogP contribution in [0.5, 0.6) is 0 Å². The second-order valence-electron chi connectivity index (χ2n) is 10.8. The lowest BCUT2D eigenvalue weighted by molar-refractivity contribution is -0.157. The van der Waals surface area contributed by atoms with Gasteiger partial charge in [0.15, 0.2) is 0 Å². The molecule has 9 atom stereocenters. The van der Waals surface area contributed by atoms with E-state index in [0.717, 1.165) is 24.8 Å². The highest BCUT2D eigenvalue weighted by Crippen LogP contribution is 2.35. The van der Waals surface area contributed by atoms with E-state index in [2.05, 4.69) is 0 Å². The van der Waals surface area contributed by atoms with Gasteiger partial charge in [-0.15, -0.1) is 0 Å². The lowest BCUT2D eigenvalue weighted by Crippen LogP contribution is -2.42. The van der Waals surface area contributed by atoms with Crippen LogP contribution in [-0.2, 0) is 23.8 Å². The van der Waals surface area contributed by atoms with Gasteiger partial charge < -0.3 is 29.5 Å². The van der Waals surface area contributed by atoms with Gasteiger partial charge in [-0.2, -0.15) is 0 Å². The van der Waals surface area contributed by atoms with Crippen LogP contribution < -0.4 is 0 Å². The van der Waals surface area contributed by atoms with E-state index in [1.165, 1.54) is 6.92 Å².